The fraction of sp³-hybridized carbons (Fsp3) is 0.400. The highest BCUT2D eigenvalue weighted by molar-refractivity contribution is 6.08. The molecule has 0 bridgehead atoms. The second-order valence-electron chi connectivity index (χ2n) is 10.9. The number of rotatable bonds is 5. The van der Waals surface area contributed by atoms with E-state index in [1.54, 1.807) is 4.90 Å². The quantitative estimate of drug-likeness (QED) is 0.639. The van der Waals surface area contributed by atoms with E-state index in [0.29, 0.717) is 18.5 Å². The number of fused-ring (bicyclic) bond motifs is 2. The van der Waals surface area contributed by atoms with Gasteiger partial charge in [0.2, 0.25) is 5.91 Å². The molecule has 2 aromatic carbocycles. The van der Waals surface area contributed by atoms with Gasteiger partial charge in [-0.05, 0) is 42.7 Å². The minimum atomic E-state index is -0.487. The van der Waals surface area contributed by atoms with Gasteiger partial charge in [-0.1, -0.05) is 63.2 Å². The Morgan fingerprint density at radius 1 is 1.16 bits per heavy atom. The molecule has 1 aliphatic heterocycles. The van der Waals surface area contributed by atoms with Gasteiger partial charge in [-0.3, -0.25) is 14.6 Å². The van der Waals surface area contributed by atoms with Gasteiger partial charge in [0.25, 0.3) is 5.91 Å². The third kappa shape index (κ3) is 5.65. The van der Waals surface area contributed by atoms with E-state index in [-0.39, 0.29) is 35.9 Å². The Hall–Kier alpha value is -3.76. The number of nitriles is 1. The van der Waals surface area contributed by atoms with E-state index in [2.05, 4.69) is 22.8 Å². The minimum absolute atomic E-state index is 0.0297. The molecule has 0 radical (unpaired) electrons. The van der Waals surface area contributed by atoms with Crippen molar-refractivity contribution in [1.29, 1.82) is 5.26 Å². The number of hydrogen-bond acceptors (Lipinski definition) is 5. The van der Waals surface area contributed by atoms with Crippen LogP contribution in [0.1, 0.15) is 61.6 Å². The maximum atomic E-state index is 13.2. The Balaban J connectivity index is 1.53. The van der Waals surface area contributed by atoms with Crippen molar-refractivity contribution < 1.29 is 9.59 Å². The highest BCUT2D eigenvalue weighted by Crippen LogP contribution is 2.36. The first-order valence-corrected chi connectivity index (χ1v) is 12.8. The summed E-state index contributed by atoms with van der Waals surface area (Å²) in [6, 6.07) is 17.6. The maximum absolute atomic E-state index is 13.2. The largest absolute Gasteiger partial charge is 0.349 e. The molecule has 7 nitrogen and oxygen atoms in total. The van der Waals surface area contributed by atoms with Crippen molar-refractivity contribution in [2.24, 2.45) is 16.3 Å². The number of allylic oxidation sites excluding steroid dienone is 1. The molecule has 1 aliphatic carbocycles. The lowest BCUT2D eigenvalue weighted by atomic mass is 9.88. The van der Waals surface area contributed by atoms with E-state index in [0.717, 1.165) is 22.5 Å². The molecule has 2 aromatic rings. The van der Waals surface area contributed by atoms with Gasteiger partial charge in [0.05, 0.1) is 29.8 Å². The van der Waals surface area contributed by atoms with Crippen LogP contribution in [0.25, 0.3) is 0 Å². The Kier molecular flexibility index (Phi) is 7.60. The van der Waals surface area contributed by atoms with Crippen LogP contribution >= 0.6 is 0 Å². The number of aliphatic imine (C=N–C) groups is 1. The Bertz CT molecular complexity index is 1280. The zero-order chi connectivity index (χ0) is 26.7. The predicted octanol–water partition coefficient (Wildman–Crippen LogP) is 4.42. The molecule has 0 fully saturated rings. The minimum Gasteiger partial charge on any atom is -0.349 e. The summed E-state index contributed by atoms with van der Waals surface area (Å²) in [7, 11) is 1.81. The number of carbonyl (C=O) groups is 2. The van der Waals surface area contributed by atoms with Crippen LogP contribution in [0, 0.1) is 22.7 Å². The van der Waals surface area contributed by atoms with Gasteiger partial charge < -0.3 is 15.5 Å². The highest BCUT2D eigenvalue weighted by atomic mass is 16.2. The number of nitrogens with zero attached hydrogens (tertiary/aromatic N) is 3. The van der Waals surface area contributed by atoms with Crippen LogP contribution in [-0.2, 0) is 4.79 Å². The fourth-order valence-corrected chi connectivity index (χ4v) is 4.77. The van der Waals surface area contributed by atoms with Gasteiger partial charge in [0, 0.05) is 36.3 Å². The molecule has 0 spiro atoms. The highest BCUT2D eigenvalue weighted by Gasteiger charge is 2.31. The van der Waals surface area contributed by atoms with Crippen LogP contribution in [0.4, 0.5) is 5.69 Å². The summed E-state index contributed by atoms with van der Waals surface area (Å²) in [6.45, 7) is 8.19. The molecular formula is C30H35N5O2. The zero-order valence-corrected chi connectivity index (χ0v) is 22.2. The van der Waals surface area contributed by atoms with E-state index < -0.39 is 5.41 Å². The number of anilines is 1. The van der Waals surface area contributed by atoms with Crippen molar-refractivity contribution in [1.82, 2.24) is 10.6 Å². The van der Waals surface area contributed by atoms with Crippen LogP contribution in [0.5, 0.6) is 0 Å². The number of amides is 2. The van der Waals surface area contributed by atoms with E-state index in [1.807, 2.05) is 89.4 Å². The summed E-state index contributed by atoms with van der Waals surface area (Å²) < 4.78 is 0. The van der Waals surface area contributed by atoms with Gasteiger partial charge >= 0.3 is 0 Å². The number of nitrogens with one attached hydrogen (secondary N) is 2. The summed E-state index contributed by atoms with van der Waals surface area (Å²) >= 11 is 0. The van der Waals surface area contributed by atoms with Gasteiger partial charge in [-0.15, -0.1) is 0 Å². The van der Waals surface area contributed by atoms with E-state index in [4.69, 9.17) is 4.99 Å². The van der Waals surface area contributed by atoms with Crippen LogP contribution in [0.2, 0.25) is 0 Å². The standard InChI is InChI=1S/C30H35N5O2/c1-19(33-25-15-14-21(16-20(25)17-31)34-29(37)30(2,3)4)18-32-27-22-10-6-7-11-23(22)28(36)35(5)26-13-9-8-12-24(26)27/h6-15,19-21,27,32H,16,18H2,1-5H3,(H,34,37). The second kappa shape index (κ2) is 10.7. The van der Waals surface area contributed by atoms with Crippen LogP contribution in [-0.4, -0.2) is 43.2 Å². The normalized spacial score (nSPS) is 23.0. The van der Waals surface area contributed by atoms with Crippen molar-refractivity contribution >= 4 is 23.2 Å². The first-order valence-electron chi connectivity index (χ1n) is 12.8. The van der Waals surface area contributed by atoms with Crippen LogP contribution in [0.3, 0.4) is 0 Å². The Morgan fingerprint density at radius 3 is 2.54 bits per heavy atom. The number of carbonyl (C=O) groups excluding carboxylic acids is 2. The van der Waals surface area contributed by atoms with Crippen LogP contribution in [0.15, 0.2) is 65.7 Å². The molecule has 2 amide bonds. The molecule has 1 heterocycles. The van der Waals surface area contributed by atoms with Crippen molar-refractivity contribution in [2.75, 3.05) is 18.5 Å². The smallest absolute Gasteiger partial charge is 0.258 e. The van der Waals surface area contributed by atoms with Crippen molar-refractivity contribution in [3.05, 3.63) is 77.4 Å². The molecule has 0 saturated carbocycles. The third-order valence-corrected chi connectivity index (χ3v) is 6.90. The second-order valence-corrected chi connectivity index (χ2v) is 10.9. The van der Waals surface area contributed by atoms with Crippen LogP contribution < -0.4 is 15.5 Å². The van der Waals surface area contributed by atoms with Gasteiger partial charge in [-0.2, -0.15) is 5.26 Å². The molecular weight excluding hydrogens is 462 g/mol. The SMILES string of the molecule is CC(CNC1c2ccccc2C(=O)N(C)c2ccccc21)N=C1C=CC(NC(=O)C(C)(C)C)CC1C#N. The molecule has 0 saturated heterocycles. The molecule has 37 heavy (non-hydrogen) atoms. The lowest BCUT2D eigenvalue weighted by Crippen LogP contribution is -2.43. The monoisotopic (exact) mass is 497 g/mol. The van der Waals surface area contributed by atoms with E-state index in [9.17, 15) is 14.9 Å². The van der Waals surface area contributed by atoms with Gasteiger partial charge in [0.15, 0.2) is 0 Å². The summed E-state index contributed by atoms with van der Waals surface area (Å²) in [5.74, 6) is -0.453. The lowest BCUT2D eigenvalue weighted by molar-refractivity contribution is -0.129. The van der Waals surface area contributed by atoms with Crippen molar-refractivity contribution in [3.8, 4) is 6.07 Å². The Morgan fingerprint density at radius 2 is 1.84 bits per heavy atom. The lowest BCUT2D eigenvalue weighted by Gasteiger charge is -2.27. The molecule has 4 rings (SSSR count). The van der Waals surface area contributed by atoms with Crippen molar-refractivity contribution in [2.45, 2.75) is 52.2 Å². The molecule has 7 heteroatoms. The van der Waals surface area contributed by atoms with Gasteiger partial charge in [-0.25, -0.2) is 0 Å². The van der Waals surface area contributed by atoms with Crippen molar-refractivity contribution in [3.63, 3.8) is 0 Å². The van der Waals surface area contributed by atoms with E-state index in [1.165, 1.54) is 0 Å². The molecule has 0 aromatic heterocycles. The summed E-state index contributed by atoms with van der Waals surface area (Å²) in [6.07, 6.45) is 4.30. The summed E-state index contributed by atoms with van der Waals surface area (Å²) in [4.78, 5) is 32.1. The number of benzene rings is 2. The molecule has 4 unspecified atom stereocenters. The fourth-order valence-electron chi connectivity index (χ4n) is 4.77. The average molecular weight is 498 g/mol. The van der Waals surface area contributed by atoms with E-state index >= 15 is 0 Å². The number of para-hydroxylation sites is 1. The molecule has 4 atom stereocenters. The zero-order valence-electron chi connectivity index (χ0n) is 22.2. The Labute approximate surface area is 219 Å². The molecule has 2 N–H and O–H groups in total. The summed E-state index contributed by atoms with van der Waals surface area (Å²) in [5, 5.41) is 16.4. The number of hydrogen-bond donors (Lipinski definition) is 2. The average Bonchev–Trinajstić information content (AvgIpc) is 2.96. The summed E-state index contributed by atoms with van der Waals surface area (Å²) in [5.41, 5.74) is 3.78. The molecule has 2 aliphatic rings. The first-order chi connectivity index (χ1) is 17.6. The third-order valence-electron chi connectivity index (χ3n) is 6.90. The first kappa shape index (κ1) is 26.3. The topological polar surface area (TPSA) is 97.6 Å². The van der Waals surface area contributed by atoms with Gasteiger partial charge in [0.1, 0.15) is 0 Å². The predicted molar refractivity (Wildman–Crippen MR) is 147 cm³/mol. The molecule has 192 valence electrons. The maximum Gasteiger partial charge on any atom is 0.258 e.